The van der Waals surface area contributed by atoms with Gasteiger partial charge in [-0.2, -0.15) is 0 Å². The van der Waals surface area contributed by atoms with Crippen LogP contribution in [0.5, 0.6) is 17.2 Å². The van der Waals surface area contributed by atoms with Crippen molar-refractivity contribution >= 4 is 33.5 Å². The molecule has 0 atom stereocenters. The molecule has 0 saturated heterocycles. The van der Waals surface area contributed by atoms with Gasteiger partial charge in [0.25, 0.3) is 5.91 Å². The average Bonchev–Trinajstić information content (AvgIpc) is 2.74. The Hall–Kier alpha value is -3.32. The van der Waals surface area contributed by atoms with Crippen LogP contribution in [0.15, 0.2) is 71.2 Å². The topological polar surface area (TPSA) is 73.9 Å². The van der Waals surface area contributed by atoms with Crippen molar-refractivity contribution in [1.29, 1.82) is 0 Å². The smallest absolute Gasteiger partial charge is 0.349 e. The van der Waals surface area contributed by atoms with E-state index in [9.17, 15) is 9.59 Å². The van der Waals surface area contributed by atoms with Crippen molar-refractivity contribution in [2.75, 3.05) is 19.0 Å². The van der Waals surface area contributed by atoms with Crippen LogP contribution in [0.4, 0.5) is 5.69 Å². The number of esters is 1. The number of methoxy groups -OCH3 is 1. The fourth-order valence-corrected chi connectivity index (χ4v) is 3.18. The zero-order valence-corrected chi connectivity index (χ0v) is 18.1. The molecule has 3 aromatic rings. The van der Waals surface area contributed by atoms with Gasteiger partial charge >= 0.3 is 5.97 Å². The molecular weight excluding hydrogens is 450 g/mol. The number of ether oxygens (including phenoxy) is 3. The van der Waals surface area contributed by atoms with E-state index in [-0.39, 0.29) is 12.5 Å². The summed E-state index contributed by atoms with van der Waals surface area (Å²) in [6, 6.07) is 18.9. The Bertz CT molecular complexity index is 1030. The second-order valence-electron chi connectivity index (χ2n) is 6.40. The van der Waals surface area contributed by atoms with E-state index in [1.54, 1.807) is 61.7 Å². The van der Waals surface area contributed by atoms with Gasteiger partial charge in [0, 0.05) is 11.3 Å². The van der Waals surface area contributed by atoms with E-state index >= 15 is 0 Å². The van der Waals surface area contributed by atoms with E-state index in [1.807, 2.05) is 19.1 Å². The fraction of sp³-hybridized carbons (Fsp3) is 0.130. The molecule has 3 rings (SSSR count). The van der Waals surface area contributed by atoms with Gasteiger partial charge in [0.05, 0.1) is 11.6 Å². The molecule has 0 aliphatic heterocycles. The molecule has 0 spiro atoms. The first-order chi connectivity index (χ1) is 14.4. The number of aryl methyl sites for hydroxylation is 1. The summed E-state index contributed by atoms with van der Waals surface area (Å²) in [5, 5.41) is 2.79. The minimum absolute atomic E-state index is 0.235. The molecule has 7 heteroatoms. The number of carbonyl (C=O) groups is 2. The third-order valence-corrected chi connectivity index (χ3v) is 4.75. The van der Waals surface area contributed by atoms with Crippen molar-refractivity contribution in [1.82, 2.24) is 0 Å². The molecule has 0 aromatic heterocycles. The number of rotatable bonds is 7. The minimum Gasteiger partial charge on any atom is -0.497 e. The largest absolute Gasteiger partial charge is 0.497 e. The van der Waals surface area contributed by atoms with E-state index in [0.29, 0.717) is 28.5 Å². The summed E-state index contributed by atoms with van der Waals surface area (Å²) in [5.74, 6) is 0.775. The van der Waals surface area contributed by atoms with Crippen LogP contribution < -0.4 is 19.5 Å². The number of nitrogens with one attached hydrogen (secondary N) is 1. The molecule has 0 saturated carbocycles. The summed E-state index contributed by atoms with van der Waals surface area (Å²) in [6.45, 7) is 1.73. The molecule has 0 bridgehead atoms. The molecule has 0 heterocycles. The minimum atomic E-state index is -0.544. The highest BCUT2D eigenvalue weighted by Crippen LogP contribution is 2.25. The average molecular weight is 470 g/mol. The highest BCUT2D eigenvalue weighted by Gasteiger charge is 2.10. The Kier molecular flexibility index (Phi) is 7.08. The van der Waals surface area contributed by atoms with E-state index in [2.05, 4.69) is 21.2 Å². The fourth-order valence-electron chi connectivity index (χ4n) is 2.57. The molecule has 154 valence electrons. The van der Waals surface area contributed by atoms with Crippen LogP contribution in [-0.4, -0.2) is 25.6 Å². The number of benzene rings is 3. The van der Waals surface area contributed by atoms with E-state index in [4.69, 9.17) is 14.2 Å². The van der Waals surface area contributed by atoms with E-state index in [1.165, 1.54) is 0 Å². The first-order valence-corrected chi connectivity index (χ1v) is 9.89. The molecular formula is C23H20BrNO5. The quantitative estimate of drug-likeness (QED) is 0.389. The molecule has 3 aromatic carbocycles. The number of halogens is 1. The van der Waals surface area contributed by atoms with Gasteiger partial charge in [-0.15, -0.1) is 0 Å². The highest BCUT2D eigenvalue weighted by atomic mass is 79.9. The number of amides is 1. The van der Waals surface area contributed by atoms with Crippen LogP contribution in [-0.2, 0) is 4.79 Å². The summed E-state index contributed by atoms with van der Waals surface area (Å²) in [6.07, 6.45) is 0. The van der Waals surface area contributed by atoms with Crippen LogP contribution in [0.2, 0.25) is 0 Å². The molecule has 0 fully saturated rings. The van der Waals surface area contributed by atoms with Crippen LogP contribution in [0.3, 0.4) is 0 Å². The number of anilines is 1. The molecule has 6 nitrogen and oxygen atoms in total. The van der Waals surface area contributed by atoms with E-state index in [0.717, 1.165) is 10.0 Å². The van der Waals surface area contributed by atoms with Gasteiger partial charge in [-0.3, -0.25) is 4.79 Å². The zero-order chi connectivity index (χ0) is 21.5. The Morgan fingerprint density at radius 2 is 1.60 bits per heavy atom. The predicted molar refractivity (Wildman–Crippen MR) is 117 cm³/mol. The number of carbonyl (C=O) groups excluding carboxylic acids is 2. The van der Waals surface area contributed by atoms with Gasteiger partial charge in [0.1, 0.15) is 17.2 Å². The van der Waals surface area contributed by atoms with Crippen molar-refractivity contribution in [2.45, 2.75) is 6.92 Å². The molecule has 30 heavy (non-hydrogen) atoms. The zero-order valence-electron chi connectivity index (χ0n) is 16.5. The molecule has 0 aliphatic carbocycles. The van der Waals surface area contributed by atoms with Crippen molar-refractivity contribution in [3.8, 4) is 17.2 Å². The van der Waals surface area contributed by atoms with Gasteiger partial charge < -0.3 is 19.5 Å². The Morgan fingerprint density at radius 1 is 0.933 bits per heavy atom. The maximum absolute atomic E-state index is 12.3. The molecule has 1 amide bonds. The number of hydrogen-bond acceptors (Lipinski definition) is 5. The Balaban J connectivity index is 1.52. The summed E-state index contributed by atoms with van der Waals surface area (Å²) in [4.78, 5) is 24.4. The SMILES string of the molecule is COc1ccc(NC(=O)c2ccc(OC(=O)COc3ccc(C)cc3Br)cc2)cc1. The molecule has 0 unspecified atom stereocenters. The van der Waals surface area contributed by atoms with Crippen molar-refractivity contribution < 1.29 is 23.8 Å². The maximum Gasteiger partial charge on any atom is 0.349 e. The third kappa shape index (κ3) is 5.84. The Morgan fingerprint density at radius 3 is 2.23 bits per heavy atom. The summed E-state index contributed by atoms with van der Waals surface area (Å²) < 4.78 is 16.6. The van der Waals surface area contributed by atoms with Crippen molar-refractivity contribution in [3.05, 3.63) is 82.3 Å². The number of hydrogen-bond donors (Lipinski definition) is 1. The van der Waals surface area contributed by atoms with Crippen LogP contribution in [0, 0.1) is 6.92 Å². The summed E-state index contributed by atoms with van der Waals surface area (Å²) >= 11 is 3.40. The van der Waals surface area contributed by atoms with Crippen LogP contribution in [0.25, 0.3) is 0 Å². The summed E-state index contributed by atoms with van der Waals surface area (Å²) in [7, 11) is 1.58. The van der Waals surface area contributed by atoms with Gasteiger partial charge in [-0.25, -0.2) is 4.79 Å². The molecule has 0 radical (unpaired) electrons. The van der Waals surface area contributed by atoms with Crippen molar-refractivity contribution in [2.24, 2.45) is 0 Å². The van der Waals surface area contributed by atoms with Gasteiger partial charge in [0.2, 0.25) is 0 Å². The second kappa shape index (κ2) is 9.93. The van der Waals surface area contributed by atoms with E-state index < -0.39 is 5.97 Å². The predicted octanol–water partition coefficient (Wildman–Crippen LogP) is 5.00. The molecule has 0 aliphatic rings. The maximum atomic E-state index is 12.3. The normalized spacial score (nSPS) is 10.2. The van der Waals surface area contributed by atoms with Crippen molar-refractivity contribution in [3.63, 3.8) is 0 Å². The van der Waals surface area contributed by atoms with Gasteiger partial charge in [-0.05, 0) is 89.1 Å². The van der Waals surface area contributed by atoms with Gasteiger partial charge in [-0.1, -0.05) is 6.07 Å². The van der Waals surface area contributed by atoms with Gasteiger partial charge in [0.15, 0.2) is 6.61 Å². The standard InChI is InChI=1S/C23H20BrNO5/c1-15-3-12-21(20(24)13-15)29-14-22(26)30-19-8-4-16(5-9-19)23(27)25-17-6-10-18(28-2)11-7-17/h3-13H,14H2,1-2H3,(H,25,27). The Labute approximate surface area is 182 Å². The third-order valence-electron chi connectivity index (χ3n) is 4.13. The first-order valence-electron chi connectivity index (χ1n) is 9.09. The lowest BCUT2D eigenvalue weighted by Crippen LogP contribution is -2.18. The molecule has 1 N–H and O–H groups in total. The lowest BCUT2D eigenvalue weighted by Gasteiger charge is -2.09. The van der Waals surface area contributed by atoms with Crippen LogP contribution in [0.1, 0.15) is 15.9 Å². The lowest BCUT2D eigenvalue weighted by molar-refractivity contribution is -0.136. The van der Waals surface area contributed by atoms with Crippen LogP contribution >= 0.6 is 15.9 Å². The second-order valence-corrected chi connectivity index (χ2v) is 7.26. The monoisotopic (exact) mass is 469 g/mol. The highest BCUT2D eigenvalue weighted by molar-refractivity contribution is 9.10. The first kappa shape index (κ1) is 21.4. The summed E-state index contributed by atoms with van der Waals surface area (Å²) in [5.41, 5.74) is 2.16. The lowest BCUT2D eigenvalue weighted by atomic mass is 10.2.